The van der Waals surface area contributed by atoms with E-state index >= 15 is 0 Å². The summed E-state index contributed by atoms with van der Waals surface area (Å²) in [5.74, 6) is -0.0573. The standard InChI is InChI=1S/C23H23NO4S/c1-17-5-4-8-21(15-17)28-23(25)19-11-13-24(14-12-19)29(26,27)22-10-9-18-6-2-3-7-20(18)16-22/h2-10,15-16,19H,11-14H2,1H3. The largest absolute Gasteiger partial charge is 0.426 e. The van der Waals surface area contributed by atoms with Gasteiger partial charge in [0.2, 0.25) is 10.0 Å². The monoisotopic (exact) mass is 409 g/mol. The molecule has 4 rings (SSSR count). The Kier molecular flexibility index (Phi) is 5.39. The molecule has 0 saturated carbocycles. The van der Waals surface area contributed by atoms with E-state index in [-0.39, 0.29) is 16.8 Å². The summed E-state index contributed by atoms with van der Waals surface area (Å²) in [4.78, 5) is 12.8. The first kappa shape index (κ1) is 19.6. The van der Waals surface area contributed by atoms with Crippen LogP contribution in [0.25, 0.3) is 10.8 Å². The third-order valence-corrected chi connectivity index (χ3v) is 7.25. The van der Waals surface area contributed by atoms with E-state index in [0.29, 0.717) is 31.7 Å². The summed E-state index contributed by atoms with van der Waals surface area (Å²) in [5, 5.41) is 1.90. The second kappa shape index (κ2) is 7.97. The highest BCUT2D eigenvalue weighted by atomic mass is 32.2. The van der Waals surface area contributed by atoms with Crippen molar-refractivity contribution in [1.29, 1.82) is 0 Å². The topological polar surface area (TPSA) is 63.7 Å². The second-order valence-corrected chi connectivity index (χ2v) is 9.36. The summed E-state index contributed by atoms with van der Waals surface area (Å²) >= 11 is 0. The number of carbonyl (C=O) groups excluding carboxylic acids is 1. The van der Waals surface area contributed by atoms with Gasteiger partial charge in [0.05, 0.1) is 10.8 Å². The fourth-order valence-corrected chi connectivity index (χ4v) is 5.19. The zero-order valence-electron chi connectivity index (χ0n) is 16.2. The molecule has 1 heterocycles. The lowest BCUT2D eigenvalue weighted by Crippen LogP contribution is -2.41. The van der Waals surface area contributed by atoms with Gasteiger partial charge in [0.1, 0.15) is 5.75 Å². The Labute approximate surface area is 171 Å². The van der Waals surface area contributed by atoms with Crippen LogP contribution in [0.5, 0.6) is 5.75 Å². The molecule has 0 unspecified atom stereocenters. The molecule has 1 aliphatic rings. The minimum Gasteiger partial charge on any atom is -0.426 e. The van der Waals surface area contributed by atoms with E-state index in [1.807, 2.05) is 55.5 Å². The number of fused-ring (bicyclic) bond motifs is 1. The van der Waals surface area contributed by atoms with Gasteiger partial charge in [0.15, 0.2) is 0 Å². The summed E-state index contributed by atoms with van der Waals surface area (Å²) in [5.41, 5.74) is 1.02. The normalized spacial score (nSPS) is 16.0. The van der Waals surface area contributed by atoms with Gasteiger partial charge in [-0.15, -0.1) is 0 Å². The molecule has 3 aromatic carbocycles. The Morgan fingerprint density at radius 2 is 1.66 bits per heavy atom. The van der Waals surface area contributed by atoms with E-state index < -0.39 is 10.0 Å². The van der Waals surface area contributed by atoms with Crippen LogP contribution >= 0.6 is 0 Å². The molecule has 1 aliphatic heterocycles. The van der Waals surface area contributed by atoms with Crippen molar-refractivity contribution in [3.63, 3.8) is 0 Å². The predicted molar refractivity (Wildman–Crippen MR) is 112 cm³/mol. The molecule has 3 aromatic rings. The number of esters is 1. The zero-order chi connectivity index (χ0) is 20.4. The van der Waals surface area contributed by atoms with Gasteiger partial charge in [-0.3, -0.25) is 4.79 Å². The number of hydrogen-bond acceptors (Lipinski definition) is 4. The van der Waals surface area contributed by atoms with Crippen LogP contribution < -0.4 is 4.74 Å². The molecule has 1 saturated heterocycles. The van der Waals surface area contributed by atoms with Crippen LogP contribution in [0.3, 0.4) is 0 Å². The van der Waals surface area contributed by atoms with Gasteiger partial charge < -0.3 is 4.74 Å². The minimum atomic E-state index is -3.59. The van der Waals surface area contributed by atoms with E-state index in [1.165, 1.54) is 4.31 Å². The second-order valence-electron chi connectivity index (χ2n) is 7.42. The van der Waals surface area contributed by atoms with E-state index in [1.54, 1.807) is 18.2 Å². The number of piperidine rings is 1. The molecule has 0 N–H and O–H groups in total. The quantitative estimate of drug-likeness (QED) is 0.480. The van der Waals surface area contributed by atoms with Gasteiger partial charge in [-0.05, 0) is 60.4 Å². The van der Waals surface area contributed by atoms with Crippen molar-refractivity contribution in [2.24, 2.45) is 5.92 Å². The van der Waals surface area contributed by atoms with Gasteiger partial charge >= 0.3 is 5.97 Å². The molecule has 0 atom stereocenters. The van der Waals surface area contributed by atoms with Crippen molar-refractivity contribution < 1.29 is 17.9 Å². The van der Waals surface area contributed by atoms with Crippen LogP contribution in [0.15, 0.2) is 71.6 Å². The lowest BCUT2D eigenvalue weighted by molar-refractivity contribution is -0.140. The van der Waals surface area contributed by atoms with Crippen molar-refractivity contribution in [3.05, 3.63) is 72.3 Å². The molecule has 0 amide bonds. The smallest absolute Gasteiger partial charge is 0.314 e. The Morgan fingerprint density at radius 3 is 2.38 bits per heavy atom. The molecule has 150 valence electrons. The molecule has 0 aromatic heterocycles. The average molecular weight is 410 g/mol. The van der Waals surface area contributed by atoms with E-state index in [0.717, 1.165) is 16.3 Å². The Bertz CT molecular complexity index is 1150. The Balaban J connectivity index is 1.43. The summed E-state index contributed by atoms with van der Waals surface area (Å²) in [6.45, 7) is 2.55. The van der Waals surface area contributed by atoms with E-state index in [4.69, 9.17) is 4.74 Å². The number of benzene rings is 3. The maximum absolute atomic E-state index is 13.0. The first-order chi connectivity index (χ1) is 13.9. The average Bonchev–Trinajstić information content (AvgIpc) is 2.73. The van der Waals surface area contributed by atoms with Crippen molar-refractivity contribution in [2.75, 3.05) is 13.1 Å². The van der Waals surface area contributed by atoms with Crippen LogP contribution in [-0.2, 0) is 14.8 Å². The Morgan fingerprint density at radius 1 is 0.931 bits per heavy atom. The first-order valence-corrected chi connectivity index (χ1v) is 11.1. The van der Waals surface area contributed by atoms with E-state index in [2.05, 4.69) is 0 Å². The van der Waals surface area contributed by atoms with Crippen LogP contribution in [0, 0.1) is 12.8 Å². The number of hydrogen-bond donors (Lipinski definition) is 0. The number of rotatable bonds is 4. The van der Waals surface area contributed by atoms with Gasteiger partial charge in [-0.1, -0.05) is 42.5 Å². The third kappa shape index (κ3) is 4.18. The Hall–Kier alpha value is -2.70. The molecular weight excluding hydrogens is 386 g/mol. The number of ether oxygens (including phenoxy) is 1. The number of sulfonamides is 1. The first-order valence-electron chi connectivity index (χ1n) is 9.71. The third-order valence-electron chi connectivity index (χ3n) is 5.35. The zero-order valence-corrected chi connectivity index (χ0v) is 17.1. The summed E-state index contributed by atoms with van der Waals surface area (Å²) in [6, 6.07) is 20.2. The highest BCUT2D eigenvalue weighted by Crippen LogP contribution is 2.27. The van der Waals surface area contributed by atoms with Crippen LogP contribution in [-0.4, -0.2) is 31.8 Å². The van der Waals surface area contributed by atoms with E-state index in [9.17, 15) is 13.2 Å². The van der Waals surface area contributed by atoms with Crippen LogP contribution in [0.4, 0.5) is 0 Å². The summed E-state index contributed by atoms with van der Waals surface area (Å²) < 4.78 is 33.0. The molecule has 0 spiro atoms. The van der Waals surface area contributed by atoms with Gasteiger partial charge in [-0.25, -0.2) is 8.42 Å². The van der Waals surface area contributed by atoms with Gasteiger partial charge in [0.25, 0.3) is 0 Å². The maximum Gasteiger partial charge on any atom is 0.314 e. The van der Waals surface area contributed by atoms with Crippen molar-refractivity contribution in [1.82, 2.24) is 4.31 Å². The van der Waals surface area contributed by atoms with Crippen LogP contribution in [0.1, 0.15) is 18.4 Å². The molecule has 0 radical (unpaired) electrons. The lowest BCUT2D eigenvalue weighted by Gasteiger charge is -2.30. The SMILES string of the molecule is Cc1cccc(OC(=O)C2CCN(S(=O)(=O)c3ccc4ccccc4c3)CC2)c1. The maximum atomic E-state index is 13.0. The summed E-state index contributed by atoms with van der Waals surface area (Å²) in [6.07, 6.45) is 0.912. The highest BCUT2D eigenvalue weighted by Gasteiger charge is 2.33. The van der Waals surface area contributed by atoms with Gasteiger partial charge in [-0.2, -0.15) is 4.31 Å². The fraction of sp³-hybridized carbons (Fsp3) is 0.261. The van der Waals surface area contributed by atoms with Crippen molar-refractivity contribution >= 4 is 26.8 Å². The highest BCUT2D eigenvalue weighted by molar-refractivity contribution is 7.89. The number of carbonyl (C=O) groups is 1. The predicted octanol–water partition coefficient (Wildman–Crippen LogP) is 4.15. The molecule has 6 heteroatoms. The molecule has 29 heavy (non-hydrogen) atoms. The molecule has 5 nitrogen and oxygen atoms in total. The fourth-order valence-electron chi connectivity index (χ4n) is 3.69. The minimum absolute atomic E-state index is 0.289. The molecule has 0 aliphatic carbocycles. The summed E-state index contributed by atoms with van der Waals surface area (Å²) in [7, 11) is -3.59. The van der Waals surface area contributed by atoms with Crippen molar-refractivity contribution in [3.8, 4) is 5.75 Å². The molecule has 1 fully saturated rings. The molecule has 0 bridgehead atoms. The van der Waals surface area contributed by atoms with Crippen molar-refractivity contribution in [2.45, 2.75) is 24.7 Å². The lowest BCUT2D eigenvalue weighted by atomic mass is 9.98. The molecular formula is C23H23NO4S. The van der Waals surface area contributed by atoms with Gasteiger partial charge in [0, 0.05) is 13.1 Å². The number of nitrogens with zero attached hydrogens (tertiary/aromatic N) is 1. The van der Waals surface area contributed by atoms with Crippen LogP contribution in [0.2, 0.25) is 0 Å². The number of aryl methyl sites for hydroxylation is 1.